The molecule has 4 rings (SSSR count). The number of halogens is 1. The number of benzene rings is 2. The second-order valence-corrected chi connectivity index (χ2v) is 9.72. The summed E-state index contributed by atoms with van der Waals surface area (Å²) in [5, 5.41) is 11.4. The third-order valence-electron chi connectivity index (χ3n) is 4.08. The van der Waals surface area contributed by atoms with Crippen LogP contribution in [0.3, 0.4) is 0 Å². The number of amides is 1. The van der Waals surface area contributed by atoms with Gasteiger partial charge in [-0.05, 0) is 48.9 Å². The number of sulfonamides is 1. The Morgan fingerprint density at radius 2 is 1.93 bits per heavy atom. The van der Waals surface area contributed by atoms with E-state index in [1.807, 2.05) is 13.0 Å². The predicted molar refractivity (Wildman–Crippen MR) is 116 cm³/mol. The highest BCUT2D eigenvalue weighted by atomic mass is 79.9. The summed E-state index contributed by atoms with van der Waals surface area (Å²) in [5.74, 6) is -0.306. The van der Waals surface area contributed by atoms with Crippen molar-refractivity contribution in [2.75, 3.05) is 10.0 Å². The van der Waals surface area contributed by atoms with Crippen LogP contribution in [0.25, 0.3) is 0 Å². The third kappa shape index (κ3) is 4.07. The van der Waals surface area contributed by atoms with Crippen molar-refractivity contribution < 1.29 is 13.2 Å². The van der Waals surface area contributed by atoms with Crippen molar-refractivity contribution in [1.82, 2.24) is 10.2 Å². The molecule has 2 heterocycles. The van der Waals surface area contributed by atoms with Crippen LogP contribution in [0, 0.1) is 0 Å². The number of hydrogen-bond acceptors (Lipinski definition) is 7. The summed E-state index contributed by atoms with van der Waals surface area (Å²) in [6, 6.07) is 11.4. The first-order valence-corrected chi connectivity index (χ1v) is 11.6. The van der Waals surface area contributed by atoms with Crippen LogP contribution < -0.4 is 10.0 Å². The van der Waals surface area contributed by atoms with Gasteiger partial charge in [-0.1, -0.05) is 34.2 Å². The maximum atomic E-state index is 12.5. The average Bonchev–Trinajstić information content (AvgIpc) is 3.26. The molecule has 0 fully saturated rings. The van der Waals surface area contributed by atoms with E-state index in [1.165, 1.54) is 23.5 Å². The van der Waals surface area contributed by atoms with Gasteiger partial charge in [-0.15, -0.1) is 10.2 Å². The normalized spacial score (nSPS) is 14.7. The summed E-state index contributed by atoms with van der Waals surface area (Å²) in [6.45, 7) is 1.92. The topological polar surface area (TPSA) is 113 Å². The van der Waals surface area contributed by atoms with Gasteiger partial charge < -0.3 is 5.32 Å². The lowest BCUT2D eigenvalue weighted by atomic mass is 10.1. The summed E-state index contributed by atoms with van der Waals surface area (Å²) in [7, 11) is -3.79. The summed E-state index contributed by atoms with van der Waals surface area (Å²) in [5.41, 5.74) is 2.11. The van der Waals surface area contributed by atoms with Crippen LogP contribution in [0.1, 0.15) is 17.5 Å². The largest absolute Gasteiger partial charge is 0.320 e. The van der Waals surface area contributed by atoms with Crippen LogP contribution >= 0.6 is 27.3 Å². The molecule has 0 unspecified atom stereocenters. The van der Waals surface area contributed by atoms with Crippen molar-refractivity contribution in [3.63, 3.8) is 0 Å². The number of aliphatic imine (C=N–C) groups is 1. The van der Waals surface area contributed by atoms with Crippen LogP contribution in [0.5, 0.6) is 0 Å². The fourth-order valence-electron chi connectivity index (χ4n) is 2.68. The Hall–Kier alpha value is -2.63. The number of fused-ring (bicyclic) bond motifs is 1. The standard InChI is InChI=1S/C18H14BrN5O3S2/c1-2-15-22-23-18(28-15)24-29(26,27)12-6-4-11(5-7-12)20-16-13-9-10(19)3-8-14(13)21-17(16)25/h3-9H,2H2,1H3,(H,23,24)(H,20,21,25). The summed E-state index contributed by atoms with van der Waals surface area (Å²) in [4.78, 5) is 16.7. The Morgan fingerprint density at radius 1 is 1.17 bits per heavy atom. The number of aryl methyl sites for hydroxylation is 1. The number of anilines is 2. The third-order valence-corrected chi connectivity index (χ3v) is 7.04. The Labute approximate surface area is 179 Å². The van der Waals surface area contributed by atoms with E-state index in [2.05, 4.69) is 41.2 Å². The molecule has 11 heteroatoms. The first-order valence-electron chi connectivity index (χ1n) is 8.51. The molecule has 148 valence electrons. The number of carbonyl (C=O) groups excluding carboxylic acids is 1. The molecule has 0 radical (unpaired) electrons. The molecular formula is C18H14BrN5O3S2. The summed E-state index contributed by atoms with van der Waals surface area (Å²) in [6.07, 6.45) is 0.682. The second kappa shape index (κ2) is 7.65. The molecule has 1 amide bonds. The zero-order valence-corrected chi connectivity index (χ0v) is 18.2. The van der Waals surface area contributed by atoms with E-state index in [4.69, 9.17) is 0 Å². The molecule has 1 aliphatic rings. The molecule has 8 nitrogen and oxygen atoms in total. The van der Waals surface area contributed by atoms with Crippen LogP contribution in [0.15, 0.2) is 56.8 Å². The summed E-state index contributed by atoms with van der Waals surface area (Å²) >= 11 is 4.58. The van der Waals surface area contributed by atoms with Gasteiger partial charge >= 0.3 is 0 Å². The van der Waals surface area contributed by atoms with E-state index in [0.717, 1.165) is 9.48 Å². The molecular weight excluding hydrogens is 478 g/mol. The van der Waals surface area contributed by atoms with Crippen LogP contribution in [-0.4, -0.2) is 30.2 Å². The van der Waals surface area contributed by atoms with E-state index >= 15 is 0 Å². The van der Waals surface area contributed by atoms with E-state index in [1.54, 1.807) is 24.3 Å². The van der Waals surface area contributed by atoms with Crippen LogP contribution in [0.2, 0.25) is 0 Å². The smallest absolute Gasteiger partial charge is 0.275 e. The van der Waals surface area contributed by atoms with Gasteiger partial charge in [-0.2, -0.15) is 0 Å². The predicted octanol–water partition coefficient (Wildman–Crippen LogP) is 3.74. The van der Waals surface area contributed by atoms with Gasteiger partial charge in [-0.25, -0.2) is 13.4 Å². The maximum Gasteiger partial charge on any atom is 0.275 e. The van der Waals surface area contributed by atoms with Gasteiger partial charge in [0.1, 0.15) is 10.7 Å². The number of nitrogens with zero attached hydrogens (tertiary/aromatic N) is 3. The molecule has 0 saturated carbocycles. The fraction of sp³-hybridized carbons (Fsp3) is 0.111. The van der Waals surface area contributed by atoms with Crippen molar-refractivity contribution in [1.29, 1.82) is 0 Å². The molecule has 2 aromatic carbocycles. The average molecular weight is 492 g/mol. The molecule has 29 heavy (non-hydrogen) atoms. The molecule has 1 aromatic heterocycles. The molecule has 2 N–H and O–H groups in total. The molecule has 0 atom stereocenters. The number of aromatic nitrogens is 2. The SMILES string of the molecule is CCc1nnc(NS(=O)(=O)c2ccc(N=C3C(=O)Nc4ccc(Br)cc43)cc2)s1. The Morgan fingerprint density at radius 3 is 2.62 bits per heavy atom. The van der Waals surface area contributed by atoms with Crippen molar-refractivity contribution in [3.8, 4) is 0 Å². The molecule has 1 aliphatic heterocycles. The van der Waals surface area contributed by atoms with Crippen molar-refractivity contribution in [2.24, 2.45) is 4.99 Å². The van der Waals surface area contributed by atoms with Gasteiger partial charge in [0, 0.05) is 10.0 Å². The highest BCUT2D eigenvalue weighted by Crippen LogP contribution is 2.29. The monoisotopic (exact) mass is 491 g/mol. The van der Waals surface area contributed by atoms with Gasteiger partial charge in [0.15, 0.2) is 0 Å². The maximum absolute atomic E-state index is 12.5. The number of rotatable bonds is 5. The Bertz CT molecular complexity index is 1240. The second-order valence-electron chi connectivity index (χ2n) is 6.06. The lowest BCUT2D eigenvalue weighted by Gasteiger charge is -2.05. The molecule has 0 saturated heterocycles. The van der Waals surface area contributed by atoms with E-state index in [-0.39, 0.29) is 21.6 Å². The van der Waals surface area contributed by atoms with Crippen LogP contribution in [-0.2, 0) is 21.2 Å². The van der Waals surface area contributed by atoms with Crippen molar-refractivity contribution in [2.45, 2.75) is 18.2 Å². The van der Waals surface area contributed by atoms with Crippen LogP contribution in [0.4, 0.5) is 16.5 Å². The van der Waals surface area contributed by atoms with E-state index in [0.29, 0.717) is 23.4 Å². The fourth-order valence-corrected chi connectivity index (χ4v) is 4.95. The lowest BCUT2D eigenvalue weighted by molar-refractivity contribution is -0.110. The Kier molecular flexibility index (Phi) is 5.19. The quantitative estimate of drug-likeness (QED) is 0.564. The highest BCUT2D eigenvalue weighted by Gasteiger charge is 2.26. The number of carbonyl (C=O) groups is 1. The molecule has 3 aromatic rings. The minimum atomic E-state index is -3.79. The van der Waals surface area contributed by atoms with Crippen molar-refractivity contribution in [3.05, 3.63) is 57.5 Å². The molecule has 0 spiro atoms. The van der Waals surface area contributed by atoms with E-state index in [9.17, 15) is 13.2 Å². The van der Waals surface area contributed by atoms with Gasteiger partial charge in [-0.3, -0.25) is 9.52 Å². The zero-order valence-electron chi connectivity index (χ0n) is 15.0. The molecule has 0 aliphatic carbocycles. The van der Waals surface area contributed by atoms with Crippen molar-refractivity contribution >= 4 is 65.4 Å². The van der Waals surface area contributed by atoms with Gasteiger partial charge in [0.05, 0.1) is 16.3 Å². The number of nitrogens with one attached hydrogen (secondary N) is 2. The summed E-state index contributed by atoms with van der Waals surface area (Å²) < 4.78 is 28.3. The lowest BCUT2D eigenvalue weighted by Crippen LogP contribution is -2.14. The highest BCUT2D eigenvalue weighted by molar-refractivity contribution is 9.10. The first kappa shape index (κ1) is 19.7. The zero-order chi connectivity index (χ0) is 20.6. The molecule has 0 bridgehead atoms. The minimum Gasteiger partial charge on any atom is -0.320 e. The Balaban J connectivity index is 1.59. The minimum absolute atomic E-state index is 0.0636. The first-order chi connectivity index (χ1) is 13.9. The number of hydrogen-bond donors (Lipinski definition) is 2. The van der Waals surface area contributed by atoms with E-state index < -0.39 is 10.0 Å². The van der Waals surface area contributed by atoms with Gasteiger partial charge in [0.2, 0.25) is 5.13 Å². The van der Waals surface area contributed by atoms with Gasteiger partial charge in [0.25, 0.3) is 15.9 Å².